The van der Waals surface area contributed by atoms with Gasteiger partial charge in [-0.25, -0.2) is 0 Å². The predicted octanol–water partition coefficient (Wildman–Crippen LogP) is 2.08. The standard InChI is InChI=1S/C16H15N3O3S2/c17-8-12-3-5-13(6-4-12)22-9-15(20)18-19-16(21)11-23-10-14-2-1-7-24-14/h1-7H,9-11H2,(H,18,20)(H,19,21). The van der Waals surface area contributed by atoms with Crippen LogP contribution in [0.15, 0.2) is 41.8 Å². The highest BCUT2D eigenvalue weighted by atomic mass is 32.2. The quantitative estimate of drug-likeness (QED) is 0.737. The molecule has 0 spiro atoms. The molecular formula is C16H15N3O3S2. The zero-order valence-electron chi connectivity index (χ0n) is 12.7. The summed E-state index contributed by atoms with van der Waals surface area (Å²) in [5.74, 6) is 0.761. The van der Waals surface area contributed by atoms with E-state index in [2.05, 4.69) is 10.9 Å². The van der Waals surface area contributed by atoms with E-state index in [1.54, 1.807) is 35.6 Å². The SMILES string of the molecule is N#Cc1ccc(OCC(=O)NNC(=O)CSCc2cccs2)cc1. The first-order chi connectivity index (χ1) is 11.7. The molecule has 1 heterocycles. The van der Waals surface area contributed by atoms with Crippen LogP contribution in [-0.4, -0.2) is 24.2 Å². The van der Waals surface area contributed by atoms with Crippen molar-refractivity contribution in [2.24, 2.45) is 0 Å². The van der Waals surface area contributed by atoms with Crippen molar-refractivity contribution in [3.05, 3.63) is 52.2 Å². The normalized spacial score (nSPS) is 9.79. The van der Waals surface area contributed by atoms with Crippen molar-refractivity contribution in [2.75, 3.05) is 12.4 Å². The molecule has 0 aliphatic carbocycles. The van der Waals surface area contributed by atoms with Gasteiger partial charge < -0.3 is 4.74 Å². The lowest BCUT2D eigenvalue weighted by Crippen LogP contribution is -2.44. The van der Waals surface area contributed by atoms with E-state index in [0.717, 1.165) is 5.75 Å². The highest BCUT2D eigenvalue weighted by Crippen LogP contribution is 2.16. The molecule has 0 unspecified atom stereocenters. The molecule has 0 radical (unpaired) electrons. The van der Waals surface area contributed by atoms with Gasteiger partial charge in [0.05, 0.1) is 17.4 Å². The van der Waals surface area contributed by atoms with Crippen LogP contribution in [0.5, 0.6) is 5.75 Å². The Morgan fingerprint density at radius 3 is 2.58 bits per heavy atom. The van der Waals surface area contributed by atoms with Gasteiger partial charge in [-0.05, 0) is 35.7 Å². The van der Waals surface area contributed by atoms with Gasteiger partial charge in [0.15, 0.2) is 6.61 Å². The van der Waals surface area contributed by atoms with Gasteiger partial charge >= 0.3 is 0 Å². The van der Waals surface area contributed by atoms with E-state index in [1.165, 1.54) is 16.6 Å². The lowest BCUT2D eigenvalue weighted by Gasteiger charge is -2.08. The van der Waals surface area contributed by atoms with E-state index in [0.29, 0.717) is 11.3 Å². The minimum atomic E-state index is -0.462. The second kappa shape index (κ2) is 9.60. The number of hydrogen-bond donors (Lipinski definition) is 2. The molecule has 0 fully saturated rings. The molecule has 2 N–H and O–H groups in total. The number of hydrogen-bond acceptors (Lipinski definition) is 6. The Kier molecular flexibility index (Phi) is 7.14. The van der Waals surface area contributed by atoms with E-state index >= 15 is 0 Å². The summed E-state index contributed by atoms with van der Waals surface area (Å²) in [6.45, 7) is -0.228. The third-order valence-electron chi connectivity index (χ3n) is 2.75. The monoisotopic (exact) mass is 361 g/mol. The first-order valence-corrected chi connectivity index (χ1v) is 9.01. The summed E-state index contributed by atoms with van der Waals surface area (Å²) in [5, 5.41) is 10.7. The molecule has 0 bridgehead atoms. The van der Waals surface area contributed by atoms with Gasteiger partial charge in [-0.15, -0.1) is 23.1 Å². The molecular weight excluding hydrogens is 346 g/mol. The first-order valence-electron chi connectivity index (χ1n) is 6.98. The molecule has 0 atom stereocenters. The molecule has 0 saturated carbocycles. The van der Waals surface area contributed by atoms with Crippen LogP contribution in [0.25, 0.3) is 0 Å². The van der Waals surface area contributed by atoms with Crippen molar-refractivity contribution in [3.8, 4) is 11.8 Å². The maximum atomic E-state index is 11.6. The molecule has 2 aromatic rings. The van der Waals surface area contributed by atoms with Crippen LogP contribution >= 0.6 is 23.1 Å². The predicted molar refractivity (Wildman–Crippen MR) is 93.4 cm³/mol. The third-order valence-corrected chi connectivity index (χ3v) is 4.79. The number of hydrazine groups is 1. The molecule has 6 nitrogen and oxygen atoms in total. The molecule has 0 aliphatic rings. The first kappa shape index (κ1) is 17.8. The summed E-state index contributed by atoms with van der Waals surface area (Å²) in [6.07, 6.45) is 0. The molecule has 2 rings (SSSR count). The molecule has 0 aliphatic heterocycles. The Morgan fingerprint density at radius 2 is 1.92 bits per heavy atom. The van der Waals surface area contributed by atoms with E-state index in [4.69, 9.17) is 10.00 Å². The van der Waals surface area contributed by atoms with Gasteiger partial charge in [0, 0.05) is 10.6 Å². The number of ether oxygens (including phenoxy) is 1. The summed E-state index contributed by atoms with van der Waals surface area (Å²) in [6, 6.07) is 12.4. The number of nitrogens with one attached hydrogen (secondary N) is 2. The number of thioether (sulfide) groups is 1. The molecule has 1 aromatic heterocycles. The van der Waals surface area contributed by atoms with E-state index in [-0.39, 0.29) is 18.3 Å². The summed E-state index contributed by atoms with van der Waals surface area (Å²) in [5.41, 5.74) is 5.14. The molecule has 0 saturated heterocycles. The maximum absolute atomic E-state index is 11.6. The van der Waals surface area contributed by atoms with Crippen LogP contribution in [0.4, 0.5) is 0 Å². The number of thiophene rings is 1. The number of carbonyl (C=O) groups excluding carboxylic acids is 2. The van der Waals surface area contributed by atoms with Gasteiger partial charge in [0.2, 0.25) is 5.91 Å². The number of nitriles is 1. The van der Waals surface area contributed by atoms with Crippen LogP contribution in [0.3, 0.4) is 0 Å². The summed E-state index contributed by atoms with van der Waals surface area (Å²) < 4.78 is 5.25. The fourth-order valence-electron chi connectivity index (χ4n) is 1.63. The topological polar surface area (TPSA) is 91.2 Å². The van der Waals surface area contributed by atoms with Gasteiger partial charge in [0.25, 0.3) is 5.91 Å². The van der Waals surface area contributed by atoms with Crippen molar-refractivity contribution in [3.63, 3.8) is 0 Å². The molecule has 1 aromatic carbocycles. The smallest absolute Gasteiger partial charge is 0.276 e. The number of carbonyl (C=O) groups is 2. The third kappa shape index (κ3) is 6.32. The Labute approximate surface area is 147 Å². The van der Waals surface area contributed by atoms with E-state index in [9.17, 15) is 9.59 Å². The second-order valence-electron chi connectivity index (χ2n) is 4.59. The Bertz CT molecular complexity index is 709. The lowest BCUT2D eigenvalue weighted by molar-refractivity contribution is -0.128. The zero-order valence-corrected chi connectivity index (χ0v) is 14.3. The lowest BCUT2D eigenvalue weighted by atomic mass is 10.2. The van der Waals surface area contributed by atoms with E-state index in [1.807, 2.05) is 23.6 Å². The minimum absolute atomic E-state index is 0.228. The van der Waals surface area contributed by atoms with Gasteiger partial charge in [-0.2, -0.15) is 5.26 Å². The summed E-state index contributed by atoms with van der Waals surface area (Å²) in [7, 11) is 0. The van der Waals surface area contributed by atoms with Crippen LogP contribution in [0, 0.1) is 11.3 Å². The van der Waals surface area contributed by atoms with Crippen LogP contribution < -0.4 is 15.6 Å². The largest absolute Gasteiger partial charge is 0.484 e. The summed E-state index contributed by atoms with van der Waals surface area (Å²) >= 11 is 3.12. The minimum Gasteiger partial charge on any atom is -0.484 e. The van der Waals surface area contributed by atoms with Crippen LogP contribution in [-0.2, 0) is 15.3 Å². The molecule has 2 amide bonds. The van der Waals surface area contributed by atoms with Gasteiger partial charge in [-0.1, -0.05) is 6.07 Å². The Balaban J connectivity index is 1.59. The molecule has 8 heteroatoms. The number of nitrogens with zero attached hydrogens (tertiary/aromatic N) is 1. The van der Waals surface area contributed by atoms with Crippen molar-refractivity contribution in [2.45, 2.75) is 5.75 Å². The fraction of sp³-hybridized carbons (Fsp3) is 0.188. The van der Waals surface area contributed by atoms with E-state index < -0.39 is 5.91 Å². The fourth-order valence-corrected chi connectivity index (χ4v) is 3.29. The summed E-state index contributed by atoms with van der Waals surface area (Å²) in [4.78, 5) is 24.4. The number of benzene rings is 1. The molecule has 24 heavy (non-hydrogen) atoms. The second-order valence-corrected chi connectivity index (χ2v) is 6.61. The average Bonchev–Trinajstić information content (AvgIpc) is 3.12. The average molecular weight is 361 g/mol. The van der Waals surface area contributed by atoms with Crippen molar-refractivity contribution >= 4 is 34.9 Å². The van der Waals surface area contributed by atoms with Crippen LogP contribution in [0.2, 0.25) is 0 Å². The van der Waals surface area contributed by atoms with Crippen molar-refractivity contribution in [1.82, 2.24) is 10.9 Å². The van der Waals surface area contributed by atoms with Gasteiger partial charge in [0.1, 0.15) is 5.75 Å². The zero-order chi connectivity index (χ0) is 17.2. The van der Waals surface area contributed by atoms with Crippen LogP contribution in [0.1, 0.15) is 10.4 Å². The van der Waals surface area contributed by atoms with Gasteiger partial charge in [-0.3, -0.25) is 20.4 Å². The van der Waals surface area contributed by atoms with Crippen molar-refractivity contribution in [1.29, 1.82) is 5.26 Å². The Morgan fingerprint density at radius 1 is 1.17 bits per heavy atom. The number of rotatable bonds is 7. The highest BCUT2D eigenvalue weighted by Gasteiger charge is 2.06. The Hall–Kier alpha value is -2.50. The highest BCUT2D eigenvalue weighted by molar-refractivity contribution is 7.99. The maximum Gasteiger partial charge on any atom is 0.276 e. The van der Waals surface area contributed by atoms with Crippen molar-refractivity contribution < 1.29 is 14.3 Å². The molecule has 124 valence electrons. The number of amides is 2.